The van der Waals surface area contributed by atoms with Crippen molar-refractivity contribution in [3.63, 3.8) is 0 Å². The van der Waals surface area contributed by atoms with E-state index in [-0.39, 0.29) is 11.7 Å². The highest BCUT2D eigenvalue weighted by Crippen LogP contribution is 2.25. The van der Waals surface area contributed by atoms with Crippen LogP contribution in [0.5, 0.6) is 0 Å². The first-order chi connectivity index (χ1) is 17.8. The summed E-state index contributed by atoms with van der Waals surface area (Å²) >= 11 is 0. The number of nitrogens with zero attached hydrogens (tertiary/aromatic N) is 3. The van der Waals surface area contributed by atoms with Crippen LogP contribution in [0.1, 0.15) is 29.2 Å². The minimum Gasteiger partial charge on any atom is -0.329 e. The van der Waals surface area contributed by atoms with E-state index in [4.69, 9.17) is 0 Å². The molecule has 0 spiro atoms. The summed E-state index contributed by atoms with van der Waals surface area (Å²) in [7, 11) is 1.93. The van der Waals surface area contributed by atoms with Crippen molar-refractivity contribution >= 4 is 40.5 Å². The monoisotopic (exact) mass is 493 g/mol. The van der Waals surface area contributed by atoms with Crippen molar-refractivity contribution in [1.29, 1.82) is 0 Å². The molecule has 0 aliphatic rings. The lowest BCUT2D eigenvalue weighted by molar-refractivity contribution is -0.118. The number of nitrogens with one attached hydrogen (secondary N) is 2. The number of aryl methyl sites for hydroxylation is 2. The molecule has 0 radical (unpaired) electrons. The average molecular weight is 494 g/mol. The number of anilines is 5. The van der Waals surface area contributed by atoms with Crippen LogP contribution in [0.4, 0.5) is 28.8 Å². The van der Waals surface area contributed by atoms with Gasteiger partial charge in [0.15, 0.2) is 0 Å². The first-order valence-electron chi connectivity index (χ1n) is 12.1. The van der Waals surface area contributed by atoms with E-state index < -0.39 is 0 Å². The summed E-state index contributed by atoms with van der Waals surface area (Å²) in [6.45, 7) is 5.46. The Labute approximate surface area is 217 Å². The van der Waals surface area contributed by atoms with Gasteiger partial charge in [0.2, 0.25) is 11.9 Å². The van der Waals surface area contributed by atoms with Crippen LogP contribution in [-0.2, 0) is 22.4 Å². The molecule has 0 aliphatic carbocycles. The molecule has 0 atom stereocenters. The number of ketones is 1. The molecule has 37 heavy (non-hydrogen) atoms. The molecule has 3 aromatic carbocycles. The normalized spacial score (nSPS) is 10.6. The molecule has 7 heteroatoms. The molecule has 0 fully saturated rings. The molecule has 188 valence electrons. The van der Waals surface area contributed by atoms with E-state index in [1.54, 1.807) is 6.20 Å². The Balaban J connectivity index is 1.41. The van der Waals surface area contributed by atoms with E-state index in [1.165, 1.54) is 12.5 Å². The highest BCUT2D eigenvalue weighted by molar-refractivity contribution is 5.90. The fourth-order valence-corrected chi connectivity index (χ4v) is 3.94. The molecule has 4 rings (SSSR count). The van der Waals surface area contributed by atoms with Gasteiger partial charge in [0.05, 0.1) is 0 Å². The molecule has 7 nitrogen and oxygen atoms in total. The van der Waals surface area contributed by atoms with Gasteiger partial charge in [-0.1, -0.05) is 48.0 Å². The minimum atomic E-state index is -0.123. The molecule has 0 saturated carbocycles. The number of hydrogen-bond acceptors (Lipinski definition) is 6. The Bertz CT molecular complexity index is 1400. The second-order valence-electron chi connectivity index (χ2n) is 9.18. The summed E-state index contributed by atoms with van der Waals surface area (Å²) in [4.78, 5) is 34.9. The third-order valence-corrected chi connectivity index (χ3v) is 6.04. The SMILES string of the molecule is CC(=O)Nc1cc(Nc2nccc(N(C)c3ccc(CC(=O)Cc4ccc(C)cc4)cc3)n2)ccc1C. The van der Waals surface area contributed by atoms with E-state index in [1.807, 2.05) is 98.6 Å². The summed E-state index contributed by atoms with van der Waals surface area (Å²) in [6.07, 6.45) is 2.53. The van der Waals surface area contributed by atoms with Gasteiger partial charge in [-0.05, 0) is 60.9 Å². The van der Waals surface area contributed by atoms with Crippen LogP contribution in [0.15, 0.2) is 79.0 Å². The number of carbonyl (C=O) groups is 2. The van der Waals surface area contributed by atoms with E-state index >= 15 is 0 Å². The van der Waals surface area contributed by atoms with Gasteiger partial charge >= 0.3 is 0 Å². The summed E-state index contributed by atoms with van der Waals surface area (Å²) in [5.74, 6) is 1.23. The Morgan fingerprint density at radius 3 is 2.16 bits per heavy atom. The van der Waals surface area contributed by atoms with Crippen LogP contribution in [0.3, 0.4) is 0 Å². The molecule has 1 heterocycles. The highest BCUT2D eigenvalue weighted by atomic mass is 16.1. The molecule has 1 aromatic heterocycles. The fraction of sp³-hybridized carbons (Fsp3) is 0.200. The summed E-state index contributed by atoms with van der Waals surface area (Å²) in [5, 5.41) is 6.04. The van der Waals surface area contributed by atoms with Crippen molar-refractivity contribution < 1.29 is 9.59 Å². The molecule has 0 bridgehead atoms. The Morgan fingerprint density at radius 2 is 1.51 bits per heavy atom. The number of aromatic nitrogens is 2. The zero-order chi connectivity index (χ0) is 26.4. The number of benzene rings is 3. The van der Waals surface area contributed by atoms with E-state index in [0.29, 0.717) is 18.8 Å². The number of rotatable bonds is 9. The van der Waals surface area contributed by atoms with Gasteiger partial charge in [-0.25, -0.2) is 4.98 Å². The number of Topliss-reactive ketones (excluding diaryl/α,β-unsaturated/α-hetero) is 1. The average Bonchev–Trinajstić information content (AvgIpc) is 2.87. The van der Waals surface area contributed by atoms with Crippen molar-refractivity contribution in [2.75, 3.05) is 22.6 Å². The summed E-state index contributed by atoms with van der Waals surface area (Å²) in [6, 6.07) is 23.6. The molecular formula is C30H31N5O2. The second kappa shape index (κ2) is 11.5. The molecule has 0 saturated heterocycles. The van der Waals surface area contributed by atoms with Crippen LogP contribution in [0.2, 0.25) is 0 Å². The van der Waals surface area contributed by atoms with Gasteiger partial charge in [0.25, 0.3) is 0 Å². The maximum atomic E-state index is 12.5. The second-order valence-corrected chi connectivity index (χ2v) is 9.18. The van der Waals surface area contributed by atoms with Crippen LogP contribution < -0.4 is 15.5 Å². The lowest BCUT2D eigenvalue weighted by Crippen LogP contribution is -2.13. The van der Waals surface area contributed by atoms with E-state index in [0.717, 1.165) is 39.6 Å². The molecule has 0 aliphatic heterocycles. The molecule has 1 amide bonds. The standard InChI is InChI=1S/C30H31N5O2/c1-20-5-8-23(9-6-20)17-27(37)18-24-10-13-26(14-11-24)35(4)29-15-16-31-30(34-29)33-25-12-7-21(2)28(19-25)32-22(3)36/h5-16,19H,17-18H2,1-4H3,(H,32,36)(H,31,33,34). The quantitative estimate of drug-likeness (QED) is 0.301. The lowest BCUT2D eigenvalue weighted by atomic mass is 10.0. The van der Waals surface area contributed by atoms with Crippen LogP contribution >= 0.6 is 0 Å². The van der Waals surface area contributed by atoms with Crippen molar-refractivity contribution in [2.45, 2.75) is 33.6 Å². The van der Waals surface area contributed by atoms with Gasteiger partial charge in [0, 0.05) is 50.1 Å². The van der Waals surface area contributed by atoms with E-state index in [9.17, 15) is 9.59 Å². The van der Waals surface area contributed by atoms with Gasteiger partial charge in [-0.15, -0.1) is 0 Å². The predicted octanol–water partition coefficient (Wildman–Crippen LogP) is 5.92. The third-order valence-electron chi connectivity index (χ3n) is 6.04. The number of amides is 1. The summed E-state index contributed by atoms with van der Waals surface area (Å²) in [5.41, 5.74) is 6.63. The number of hydrogen-bond donors (Lipinski definition) is 2. The zero-order valence-corrected chi connectivity index (χ0v) is 21.6. The smallest absolute Gasteiger partial charge is 0.229 e. The first-order valence-corrected chi connectivity index (χ1v) is 12.1. The van der Waals surface area contributed by atoms with Gasteiger partial charge in [0.1, 0.15) is 11.6 Å². The Morgan fingerprint density at radius 1 is 0.865 bits per heavy atom. The Kier molecular flexibility index (Phi) is 7.93. The molecule has 0 unspecified atom stereocenters. The van der Waals surface area contributed by atoms with Gasteiger partial charge < -0.3 is 15.5 Å². The van der Waals surface area contributed by atoms with Crippen molar-refractivity contribution in [2.24, 2.45) is 0 Å². The maximum Gasteiger partial charge on any atom is 0.229 e. The largest absolute Gasteiger partial charge is 0.329 e. The Hall–Kier alpha value is -4.52. The fourth-order valence-electron chi connectivity index (χ4n) is 3.94. The zero-order valence-electron chi connectivity index (χ0n) is 21.6. The summed E-state index contributed by atoms with van der Waals surface area (Å²) < 4.78 is 0. The van der Waals surface area contributed by atoms with E-state index in [2.05, 4.69) is 20.6 Å². The topological polar surface area (TPSA) is 87.2 Å². The predicted molar refractivity (Wildman–Crippen MR) is 149 cm³/mol. The third kappa shape index (κ3) is 7.01. The first kappa shape index (κ1) is 25.6. The molecule has 2 N–H and O–H groups in total. The van der Waals surface area contributed by atoms with Crippen LogP contribution in [0, 0.1) is 13.8 Å². The minimum absolute atomic E-state index is 0.123. The number of carbonyl (C=O) groups excluding carboxylic acids is 2. The van der Waals surface area contributed by atoms with Crippen molar-refractivity contribution in [3.05, 3.63) is 101 Å². The van der Waals surface area contributed by atoms with Crippen molar-refractivity contribution in [3.8, 4) is 0 Å². The molecular weight excluding hydrogens is 462 g/mol. The van der Waals surface area contributed by atoms with Crippen LogP contribution in [-0.4, -0.2) is 28.7 Å². The lowest BCUT2D eigenvalue weighted by Gasteiger charge is -2.19. The van der Waals surface area contributed by atoms with Crippen molar-refractivity contribution in [1.82, 2.24) is 9.97 Å². The maximum absolute atomic E-state index is 12.5. The van der Waals surface area contributed by atoms with Gasteiger partial charge in [-0.3, -0.25) is 9.59 Å². The van der Waals surface area contributed by atoms with Crippen LogP contribution in [0.25, 0.3) is 0 Å². The molecule has 4 aromatic rings. The highest BCUT2D eigenvalue weighted by Gasteiger charge is 2.10. The van der Waals surface area contributed by atoms with Gasteiger partial charge in [-0.2, -0.15) is 4.98 Å².